The number of nitrogens with one attached hydrogen (secondary N) is 1. The van der Waals surface area contributed by atoms with E-state index >= 15 is 0 Å². The molecule has 2 heterocycles. The Morgan fingerprint density at radius 3 is 1.98 bits per heavy atom. The van der Waals surface area contributed by atoms with Gasteiger partial charge in [-0.15, -0.1) is 13.2 Å². The Morgan fingerprint density at radius 2 is 1.42 bits per heavy atom. The van der Waals surface area contributed by atoms with Gasteiger partial charge >= 0.3 is 12.4 Å². The van der Waals surface area contributed by atoms with Crippen molar-refractivity contribution in [3.8, 4) is 0 Å². The van der Waals surface area contributed by atoms with E-state index in [0.717, 1.165) is 17.2 Å². The number of hydrogen-bond acceptors (Lipinski definition) is 5. The van der Waals surface area contributed by atoms with E-state index in [4.69, 9.17) is 0 Å². The maximum Gasteiger partial charge on any atom is 0.522 e. The van der Waals surface area contributed by atoms with Gasteiger partial charge in [-0.2, -0.15) is 0 Å². The molecule has 2 aliphatic heterocycles. The van der Waals surface area contributed by atoms with E-state index in [2.05, 4.69) is 15.0 Å². The van der Waals surface area contributed by atoms with Gasteiger partial charge in [-0.25, -0.2) is 9.18 Å². The van der Waals surface area contributed by atoms with Gasteiger partial charge < -0.3 is 10.2 Å². The van der Waals surface area contributed by atoms with Crippen molar-refractivity contribution in [2.45, 2.75) is 38.8 Å². The van der Waals surface area contributed by atoms with Crippen molar-refractivity contribution in [1.29, 1.82) is 0 Å². The fraction of sp³-hybridized carbons (Fsp3) is 0.375. The molecular weight excluding hydrogens is 564 g/mol. The zero-order valence-electron chi connectivity index (χ0n) is 24.1. The molecule has 7 nitrogen and oxygen atoms in total. The van der Waals surface area contributed by atoms with Gasteiger partial charge in [0.15, 0.2) is 5.54 Å². The van der Waals surface area contributed by atoms with Crippen LogP contribution in [-0.4, -0.2) is 67.4 Å². The summed E-state index contributed by atoms with van der Waals surface area (Å²) in [5, 5.41) is 2.99. The Hall–Kier alpha value is -3.96. The van der Waals surface area contributed by atoms with Crippen LogP contribution in [0.2, 0.25) is 0 Å². The summed E-state index contributed by atoms with van der Waals surface area (Å²) in [6.45, 7) is 6.31. The van der Waals surface area contributed by atoms with Crippen molar-refractivity contribution in [2.24, 2.45) is 0 Å². The highest BCUT2D eigenvalue weighted by Crippen LogP contribution is 2.36. The molecule has 3 amide bonds. The number of piperazine rings is 1. The Balaban J connectivity index is 1.21. The van der Waals surface area contributed by atoms with Crippen molar-refractivity contribution < 1.29 is 31.9 Å². The summed E-state index contributed by atoms with van der Waals surface area (Å²) in [6.07, 6.45) is -4.26. The lowest BCUT2D eigenvalue weighted by atomic mass is 9.82. The number of hydrogen-bond donors (Lipinski definition) is 1. The molecule has 2 aliphatic rings. The Bertz CT molecular complexity index is 1410. The number of aryl methyl sites for hydroxylation is 2. The predicted molar refractivity (Wildman–Crippen MR) is 154 cm³/mol. The van der Waals surface area contributed by atoms with Gasteiger partial charge in [-0.1, -0.05) is 59.7 Å². The lowest BCUT2D eigenvalue weighted by Crippen LogP contribution is -2.47. The number of nitrogens with zero attached hydrogens (tertiary/aromatic N) is 3. The minimum absolute atomic E-state index is 0.134. The van der Waals surface area contributed by atoms with E-state index < -0.39 is 30.4 Å². The van der Waals surface area contributed by atoms with Crippen LogP contribution in [0, 0.1) is 19.7 Å². The molecule has 1 N–H and O–H groups in total. The molecule has 0 saturated carbocycles. The molecule has 0 radical (unpaired) electrons. The highest BCUT2D eigenvalue weighted by atomic mass is 19.4. The first kappa shape index (κ1) is 30.5. The number of anilines is 1. The number of alkyl halides is 3. The number of imide groups is 1. The molecule has 0 atom stereocenters. The number of halogens is 4. The van der Waals surface area contributed by atoms with Gasteiger partial charge in [0, 0.05) is 44.0 Å². The zero-order valence-corrected chi connectivity index (χ0v) is 24.1. The Kier molecular flexibility index (Phi) is 8.75. The summed E-state index contributed by atoms with van der Waals surface area (Å²) in [4.78, 5) is 32.6. The molecule has 11 heteroatoms. The normalized spacial score (nSPS) is 17.4. The average molecular weight is 599 g/mol. The van der Waals surface area contributed by atoms with Crippen LogP contribution < -0.4 is 10.2 Å². The second-order valence-corrected chi connectivity index (χ2v) is 11.1. The highest BCUT2D eigenvalue weighted by molar-refractivity contribution is 6.09. The third-order valence-corrected chi connectivity index (χ3v) is 8.08. The molecule has 0 aliphatic carbocycles. The van der Waals surface area contributed by atoms with E-state index in [1.165, 1.54) is 17.0 Å². The van der Waals surface area contributed by atoms with E-state index in [9.17, 15) is 27.2 Å². The smallest absolute Gasteiger partial charge is 0.369 e. The maximum absolute atomic E-state index is 14.0. The molecule has 3 aromatic rings. The summed E-state index contributed by atoms with van der Waals surface area (Å²) >= 11 is 0. The summed E-state index contributed by atoms with van der Waals surface area (Å²) in [5.41, 5.74) is 2.80. The van der Waals surface area contributed by atoms with Crippen LogP contribution in [0.1, 0.15) is 34.2 Å². The molecule has 3 aromatic carbocycles. The second-order valence-electron chi connectivity index (χ2n) is 11.1. The van der Waals surface area contributed by atoms with Crippen molar-refractivity contribution in [3.05, 3.63) is 100 Å². The molecule has 43 heavy (non-hydrogen) atoms. The predicted octanol–water partition coefficient (Wildman–Crippen LogP) is 5.49. The van der Waals surface area contributed by atoms with Gasteiger partial charge in [0.25, 0.3) is 5.91 Å². The highest BCUT2D eigenvalue weighted by Gasteiger charge is 2.53. The fourth-order valence-corrected chi connectivity index (χ4v) is 5.75. The molecule has 5 rings (SSSR count). The number of carbonyl (C=O) groups excluding carboxylic acids is 2. The summed E-state index contributed by atoms with van der Waals surface area (Å²) in [7, 11) is 0. The number of urea groups is 1. The van der Waals surface area contributed by atoms with Gasteiger partial charge in [0.05, 0.1) is 6.61 Å². The first-order valence-corrected chi connectivity index (χ1v) is 14.2. The topological polar surface area (TPSA) is 65.1 Å². The van der Waals surface area contributed by atoms with Crippen LogP contribution in [0.3, 0.4) is 0 Å². The summed E-state index contributed by atoms with van der Waals surface area (Å²) in [5.74, 6) is -0.947. The standard InChI is InChI=1S/C32H34F4N4O3/c1-22-4-8-25(9-5-22)31(26-10-6-23(2)7-11-26)29(41)40(30(42)37-31)15-3-14-38-16-18-39(19-17-38)28-13-12-27(33)20-24(28)21-43-32(34,35)36/h4-13,20H,3,14-19,21H2,1-2H3,(H,37,42). The van der Waals surface area contributed by atoms with Gasteiger partial charge in [-0.05, 0) is 56.1 Å². The van der Waals surface area contributed by atoms with Crippen LogP contribution in [0.25, 0.3) is 0 Å². The second kappa shape index (κ2) is 12.3. The van der Waals surface area contributed by atoms with Crippen LogP contribution in [0.15, 0.2) is 66.7 Å². The van der Waals surface area contributed by atoms with Crippen LogP contribution >= 0.6 is 0 Å². The maximum atomic E-state index is 14.0. The first-order chi connectivity index (χ1) is 20.5. The van der Waals surface area contributed by atoms with E-state index in [-0.39, 0.29) is 18.0 Å². The van der Waals surface area contributed by atoms with E-state index in [1.807, 2.05) is 67.3 Å². The molecule has 0 spiro atoms. The fourth-order valence-electron chi connectivity index (χ4n) is 5.75. The molecule has 0 bridgehead atoms. The Labute approximate surface area is 248 Å². The third kappa shape index (κ3) is 6.67. The van der Waals surface area contributed by atoms with Gasteiger partial charge in [0.1, 0.15) is 5.82 Å². The van der Waals surface area contributed by atoms with Crippen molar-refractivity contribution >= 4 is 17.6 Å². The van der Waals surface area contributed by atoms with Crippen LogP contribution in [-0.2, 0) is 21.7 Å². The average Bonchev–Trinajstić information content (AvgIpc) is 3.22. The monoisotopic (exact) mass is 598 g/mol. The van der Waals surface area contributed by atoms with Crippen molar-refractivity contribution in [1.82, 2.24) is 15.1 Å². The molecule has 2 fully saturated rings. The number of ether oxygens (including phenoxy) is 1. The quantitative estimate of drug-likeness (QED) is 0.261. The molecule has 228 valence electrons. The van der Waals surface area contributed by atoms with Crippen LogP contribution in [0.5, 0.6) is 0 Å². The molecule has 0 unspecified atom stereocenters. The van der Waals surface area contributed by atoms with Crippen molar-refractivity contribution in [2.75, 3.05) is 44.2 Å². The van der Waals surface area contributed by atoms with Crippen LogP contribution in [0.4, 0.5) is 28.0 Å². The minimum Gasteiger partial charge on any atom is -0.369 e. The van der Waals surface area contributed by atoms with E-state index in [0.29, 0.717) is 56.0 Å². The molecule has 2 saturated heterocycles. The minimum atomic E-state index is -4.81. The summed E-state index contributed by atoms with van der Waals surface area (Å²) in [6, 6.07) is 18.5. The Morgan fingerprint density at radius 1 is 0.837 bits per heavy atom. The lowest BCUT2D eigenvalue weighted by Gasteiger charge is -2.37. The summed E-state index contributed by atoms with van der Waals surface area (Å²) < 4.78 is 55.5. The number of amides is 3. The van der Waals surface area contributed by atoms with Crippen molar-refractivity contribution in [3.63, 3.8) is 0 Å². The van der Waals surface area contributed by atoms with E-state index in [1.54, 1.807) is 0 Å². The molecular formula is C32H34F4N4O3. The SMILES string of the molecule is Cc1ccc(C2(c3ccc(C)cc3)NC(=O)N(CCCN3CCN(c4ccc(F)cc4COC(F)(F)F)CC3)C2=O)cc1. The lowest BCUT2D eigenvalue weighted by molar-refractivity contribution is -0.330. The number of rotatable bonds is 9. The number of carbonyl (C=O) groups is 2. The van der Waals surface area contributed by atoms with Gasteiger partial charge in [0.2, 0.25) is 0 Å². The third-order valence-electron chi connectivity index (χ3n) is 8.08. The largest absolute Gasteiger partial charge is 0.522 e. The number of benzene rings is 3. The zero-order chi connectivity index (χ0) is 30.8. The first-order valence-electron chi connectivity index (χ1n) is 14.2. The van der Waals surface area contributed by atoms with Gasteiger partial charge in [-0.3, -0.25) is 19.3 Å². The molecule has 0 aromatic heterocycles.